The van der Waals surface area contributed by atoms with Crippen molar-refractivity contribution in [2.75, 3.05) is 19.8 Å². The van der Waals surface area contributed by atoms with Gasteiger partial charge in [-0.3, -0.25) is 9.59 Å². The molecule has 0 saturated heterocycles. The van der Waals surface area contributed by atoms with E-state index in [0.717, 1.165) is 8.95 Å². The summed E-state index contributed by atoms with van der Waals surface area (Å²) in [5.74, 6) is 0.488. The van der Waals surface area contributed by atoms with Crippen molar-refractivity contribution >= 4 is 43.7 Å². The fourth-order valence-electron chi connectivity index (χ4n) is 2.62. The van der Waals surface area contributed by atoms with Crippen LogP contribution in [0.4, 0.5) is 0 Å². The summed E-state index contributed by atoms with van der Waals surface area (Å²) in [6, 6.07) is 10.3. The maximum Gasteiger partial charge on any atom is 0.255 e. The topological polar surface area (TPSA) is 76.7 Å². The van der Waals surface area contributed by atoms with Crippen LogP contribution in [0.15, 0.2) is 45.3 Å². The molecule has 0 aliphatic rings. The van der Waals surface area contributed by atoms with Crippen molar-refractivity contribution in [2.24, 2.45) is 0 Å². The molecule has 0 aromatic heterocycles. The smallest absolute Gasteiger partial charge is 0.255 e. The number of rotatable bonds is 9. The van der Waals surface area contributed by atoms with Gasteiger partial charge in [-0.05, 0) is 57.2 Å². The standard InChI is InChI=1S/C21H24Br2N2O4/c1-4-28-18-8-6-14(22)10-16(18)20(26)24-12-13(3)25-21(27)17-11-15(23)7-9-19(17)29-5-2/h6-11,13H,4-5,12H2,1-3H3,(H,24,26)(H,25,27). The van der Waals surface area contributed by atoms with Gasteiger partial charge in [-0.2, -0.15) is 0 Å². The number of carbonyl (C=O) groups excluding carboxylic acids is 2. The number of amides is 2. The van der Waals surface area contributed by atoms with Crippen LogP contribution in [0.1, 0.15) is 41.5 Å². The van der Waals surface area contributed by atoms with Crippen LogP contribution < -0.4 is 20.1 Å². The lowest BCUT2D eigenvalue weighted by Gasteiger charge is -2.17. The Morgan fingerprint density at radius 1 is 0.897 bits per heavy atom. The first-order valence-corrected chi connectivity index (χ1v) is 10.9. The average molecular weight is 528 g/mol. The second-order valence-corrected chi connectivity index (χ2v) is 8.06. The van der Waals surface area contributed by atoms with Gasteiger partial charge in [0.15, 0.2) is 0 Å². The Morgan fingerprint density at radius 3 is 1.86 bits per heavy atom. The molecule has 0 spiro atoms. The number of ether oxygens (including phenoxy) is 2. The highest BCUT2D eigenvalue weighted by Crippen LogP contribution is 2.24. The molecule has 0 saturated carbocycles. The van der Waals surface area contributed by atoms with Gasteiger partial charge in [0.05, 0.1) is 24.3 Å². The number of benzene rings is 2. The van der Waals surface area contributed by atoms with Gasteiger partial charge in [0, 0.05) is 21.5 Å². The third-order valence-electron chi connectivity index (χ3n) is 3.92. The molecule has 0 aliphatic carbocycles. The summed E-state index contributed by atoms with van der Waals surface area (Å²) in [7, 11) is 0. The molecule has 0 aliphatic heterocycles. The molecule has 2 rings (SSSR count). The Hall–Kier alpha value is -2.06. The van der Waals surface area contributed by atoms with Crippen molar-refractivity contribution < 1.29 is 19.1 Å². The van der Waals surface area contributed by atoms with Crippen LogP contribution in [0.3, 0.4) is 0 Å². The number of halogens is 2. The summed E-state index contributed by atoms with van der Waals surface area (Å²) in [4.78, 5) is 25.2. The molecular formula is C21H24Br2N2O4. The minimum atomic E-state index is -0.289. The zero-order chi connectivity index (χ0) is 21.4. The Balaban J connectivity index is 2.01. The van der Waals surface area contributed by atoms with Crippen molar-refractivity contribution in [1.29, 1.82) is 0 Å². The second-order valence-electron chi connectivity index (χ2n) is 6.23. The van der Waals surface area contributed by atoms with E-state index in [-0.39, 0.29) is 24.4 Å². The van der Waals surface area contributed by atoms with E-state index in [2.05, 4.69) is 42.5 Å². The summed E-state index contributed by atoms with van der Waals surface area (Å²) in [5.41, 5.74) is 0.871. The minimum Gasteiger partial charge on any atom is -0.493 e. The van der Waals surface area contributed by atoms with E-state index in [4.69, 9.17) is 9.47 Å². The van der Waals surface area contributed by atoms with Crippen LogP contribution >= 0.6 is 31.9 Å². The molecule has 2 amide bonds. The molecule has 0 radical (unpaired) electrons. The number of nitrogens with one attached hydrogen (secondary N) is 2. The first kappa shape index (κ1) is 23.2. The molecule has 156 valence electrons. The highest BCUT2D eigenvalue weighted by molar-refractivity contribution is 9.10. The molecular weight excluding hydrogens is 504 g/mol. The van der Waals surface area contributed by atoms with Gasteiger partial charge >= 0.3 is 0 Å². The molecule has 0 bridgehead atoms. The normalized spacial score (nSPS) is 11.5. The van der Waals surface area contributed by atoms with Gasteiger partial charge in [-0.15, -0.1) is 0 Å². The molecule has 29 heavy (non-hydrogen) atoms. The Bertz CT molecular complexity index is 874. The molecule has 2 aromatic rings. The molecule has 8 heteroatoms. The van der Waals surface area contributed by atoms with E-state index < -0.39 is 0 Å². The zero-order valence-corrected chi connectivity index (χ0v) is 19.7. The van der Waals surface area contributed by atoms with E-state index >= 15 is 0 Å². The molecule has 6 nitrogen and oxygen atoms in total. The van der Waals surface area contributed by atoms with Gasteiger partial charge in [0.25, 0.3) is 11.8 Å². The van der Waals surface area contributed by atoms with Crippen LogP contribution in [0.5, 0.6) is 11.5 Å². The van der Waals surface area contributed by atoms with Crippen LogP contribution in [-0.2, 0) is 0 Å². The number of hydrogen-bond acceptors (Lipinski definition) is 4. The van der Waals surface area contributed by atoms with Gasteiger partial charge < -0.3 is 20.1 Å². The van der Waals surface area contributed by atoms with Crippen molar-refractivity contribution in [1.82, 2.24) is 10.6 Å². The second kappa shape index (κ2) is 11.2. The number of carbonyl (C=O) groups is 2. The highest BCUT2D eigenvalue weighted by Gasteiger charge is 2.18. The third-order valence-corrected chi connectivity index (χ3v) is 4.90. The molecule has 1 atom stereocenters. The van der Waals surface area contributed by atoms with E-state index in [1.165, 1.54) is 0 Å². The van der Waals surface area contributed by atoms with E-state index in [9.17, 15) is 9.59 Å². The quantitative estimate of drug-likeness (QED) is 0.501. The van der Waals surface area contributed by atoms with Crippen LogP contribution in [-0.4, -0.2) is 37.6 Å². The molecule has 0 heterocycles. The van der Waals surface area contributed by atoms with E-state index in [1.54, 1.807) is 24.3 Å². The summed E-state index contributed by atoms with van der Waals surface area (Å²) in [5, 5.41) is 5.72. The Morgan fingerprint density at radius 2 is 1.38 bits per heavy atom. The first-order valence-electron chi connectivity index (χ1n) is 9.29. The van der Waals surface area contributed by atoms with Crippen molar-refractivity contribution in [3.05, 3.63) is 56.5 Å². The SMILES string of the molecule is CCOc1ccc(Br)cc1C(=O)NCC(C)NC(=O)c1cc(Br)ccc1OCC. The van der Waals surface area contributed by atoms with Crippen LogP contribution in [0, 0.1) is 0 Å². The fraction of sp³-hybridized carbons (Fsp3) is 0.333. The van der Waals surface area contributed by atoms with Gasteiger partial charge in [-0.1, -0.05) is 31.9 Å². The highest BCUT2D eigenvalue weighted by atomic mass is 79.9. The predicted molar refractivity (Wildman–Crippen MR) is 120 cm³/mol. The monoisotopic (exact) mass is 526 g/mol. The minimum absolute atomic E-state index is 0.265. The third kappa shape index (κ3) is 6.75. The zero-order valence-electron chi connectivity index (χ0n) is 16.6. The van der Waals surface area contributed by atoms with Gasteiger partial charge in [0.2, 0.25) is 0 Å². The van der Waals surface area contributed by atoms with Gasteiger partial charge in [0.1, 0.15) is 11.5 Å². The van der Waals surface area contributed by atoms with E-state index in [0.29, 0.717) is 35.8 Å². The molecule has 2 N–H and O–H groups in total. The number of hydrogen-bond donors (Lipinski definition) is 2. The van der Waals surface area contributed by atoms with Crippen molar-refractivity contribution in [3.8, 4) is 11.5 Å². The van der Waals surface area contributed by atoms with Crippen molar-refractivity contribution in [3.63, 3.8) is 0 Å². The lowest BCUT2D eigenvalue weighted by atomic mass is 10.1. The maximum atomic E-state index is 12.7. The summed E-state index contributed by atoms with van der Waals surface area (Å²) in [6.45, 7) is 6.73. The van der Waals surface area contributed by atoms with E-state index in [1.807, 2.05) is 32.9 Å². The largest absolute Gasteiger partial charge is 0.493 e. The first-order chi connectivity index (χ1) is 13.8. The lowest BCUT2D eigenvalue weighted by molar-refractivity contribution is 0.0908. The summed E-state index contributed by atoms with van der Waals surface area (Å²) in [6.07, 6.45) is 0. The lowest BCUT2D eigenvalue weighted by Crippen LogP contribution is -2.42. The molecule has 1 unspecified atom stereocenters. The fourth-order valence-corrected chi connectivity index (χ4v) is 3.34. The predicted octanol–water partition coefficient (Wildman–Crippen LogP) is 4.56. The maximum absolute atomic E-state index is 12.7. The van der Waals surface area contributed by atoms with Crippen molar-refractivity contribution in [2.45, 2.75) is 26.8 Å². The van der Waals surface area contributed by atoms with Crippen LogP contribution in [0.25, 0.3) is 0 Å². The average Bonchev–Trinajstić information content (AvgIpc) is 2.69. The van der Waals surface area contributed by atoms with Gasteiger partial charge in [-0.25, -0.2) is 0 Å². The summed E-state index contributed by atoms with van der Waals surface area (Å²) >= 11 is 6.75. The molecule has 2 aromatic carbocycles. The Kier molecular flexibility index (Phi) is 8.98. The Labute approximate surface area is 187 Å². The summed E-state index contributed by atoms with van der Waals surface area (Å²) < 4.78 is 12.6. The molecule has 0 fully saturated rings. The van der Waals surface area contributed by atoms with Crippen LogP contribution in [0.2, 0.25) is 0 Å².